The molecule has 3 heteroatoms. The van der Waals surface area contributed by atoms with Gasteiger partial charge in [-0.2, -0.15) is 0 Å². The number of hydrogen-bond acceptors (Lipinski definition) is 2. The molecule has 0 aromatic carbocycles. The second kappa shape index (κ2) is 2.64. The van der Waals surface area contributed by atoms with E-state index in [1.807, 2.05) is 0 Å². The van der Waals surface area contributed by atoms with E-state index in [1.165, 1.54) is 13.0 Å². The van der Waals surface area contributed by atoms with Gasteiger partial charge in [0.2, 0.25) is 0 Å². The van der Waals surface area contributed by atoms with Gasteiger partial charge in [0, 0.05) is 0 Å². The molecular weight excluding hydrogens is 120 g/mol. The summed E-state index contributed by atoms with van der Waals surface area (Å²) in [6, 6.07) is 0. The summed E-state index contributed by atoms with van der Waals surface area (Å²) in [6.07, 6.45) is 1.22. The molecule has 0 spiro atoms. The first kappa shape index (κ1) is 8.17. The van der Waals surface area contributed by atoms with E-state index in [1.54, 1.807) is 0 Å². The summed E-state index contributed by atoms with van der Waals surface area (Å²) in [5.74, 6) is -1.06. The van der Waals surface area contributed by atoms with Crippen molar-refractivity contribution >= 4 is 5.97 Å². The molecule has 0 fully saturated rings. The molecule has 1 atom stereocenters. The van der Waals surface area contributed by atoms with Crippen molar-refractivity contribution < 1.29 is 15.0 Å². The molecule has 0 saturated heterocycles. The van der Waals surface area contributed by atoms with Gasteiger partial charge in [0.05, 0.1) is 6.61 Å². The molecule has 0 saturated carbocycles. The van der Waals surface area contributed by atoms with Gasteiger partial charge in [0.1, 0.15) is 5.41 Å². The minimum absolute atomic E-state index is 0.411. The van der Waals surface area contributed by atoms with E-state index in [-0.39, 0.29) is 0 Å². The van der Waals surface area contributed by atoms with Gasteiger partial charge in [-0.3, -0.25) is 4.79 Å². The van der Waals surface area contributed by atoms with Crippen LogP contribution in [-0.4, -0.2) is 22.8 Å². The number of carboxylic acid groups (broad SMARTS) is 1. The molecular formula is C6H10O3. The average molecular weight is 130 g/mol. The van der Waals surface area contributed by atoms with Crippen LogP contribution in [0.4, 0.5) is 0 Å². The van der Waals surface area contributed by atoms with Gasteiger partial charge in [-0.05, 0) is 6.92 Å². The van der Waals surface area contributed by atoms with E-state index in [0.29, 0.717) is 0 Å². The third-order valence-corrected chi connectivity index (χ3v) is 1.27. The monoisotopic (exact) mass is 130 g/mol. The van der Waals surface area contributed by atoms with Crippen LogP contribution in [0.15, 0.2) is 12.7 Å². The number of carbonyl (C=O) groups is 1. The third kappa shape index (κ3) is 1.54. The summed E-state index contributed by atoms with van der Waals surface area (Å²) in [6.45, 7) is 4.28. The molecule has 0 aromatic rings. The molecule has 9 heavy (non-hydrogen) atoms. The van der Waals surface area contributed by atoms with E-state index < -0.39 is 18.0 Å². The van der Waals surface area contributed by atoms with Gasteiger partial charge in [-0.1, -0.05) is 6.08 Å². The van der Waals surface area contributed by atoms with Crippen LogP contribution in [-0.2, 0) is 4.79 Å². The Morgan fingerprint density at radius 1 is 1.89 bits per heavy atom. The van der Waals surface area contributed by atoms with Crippen LogP contribution < -0.4 is 0 Å². The lowest BCUT2D eigenvalue weighted by molar-refractivity contribution is -0.146. The molecule has 1 unspecified atom stereocenters. The van der Waals surface area contributed by atoms with Gasteiger partial charge >= 0.3 is 5.97 Å². The highest BCUT2D eigenvalue weighted by Gasteiger charge is 2.27. The fourth-order valence-electron chi connectivity index (χ4n) is 0.219. The highest BCUT2D eigenvalue weighted by molar-refractivity contribution is 5.76. The minimum atomic E-state index is -1.18. The molecule has 0 aliphatic heterocycles. The van der Waals surface area contributed by atoms with E-state index in [9.17, 15) is 4.79 Å². The summed E-state index contributed by atoms with van der Waals surface area (Å²) in [4.78, 5) is 10.3. The van der Waals surface area contributed by atoms with Crippen molar-refractivity contribution in [2.75, 3.05) is 6.61 Å². The van der Waals surface area contributed by atoms with Crippen LogP contribution >= 0.6 is 0 Å². The Balaban J connectivity index is 4.27. The zero-order chi connectivity index (χ0) is 7.49. The molecule has 52 valence electrons. The predicted octanol–water partition coefficient (Wildman–Crippen LogP) is 0.256. The van der Waals surface area contributed by atoms with Crippen LogP contribution in [0, 0.1) is 5.41 Å². The average Bonchev–Trinajstić information content (AvgIpc) is 1.86. The standard InChI is InChI=1S/C6H10O3/c1-3-6(2,4-7)5(8)9/h3,7H,1,4H2,2H3,(H,8,9). The molecule has 2 N–H and O–H groups in total. The molecule has 3 nitrogen and oxygen atoms in total. The van der Waals surface area contributed by atoms with Crippen LogP contribution in [0.25, 0.3) is 0 Å². The Hall–Kier alpha value is -0.830. The third-order valence-electron chi connectivity index (χ3n) is 1.27. The fraction of sp³-hybridized carbons (Fsp3) is 0.500. The number of rotatable bonds is 3. The van der Waals surface area contributed by atoms with Crippen molar-refractivity contribution in [1.82, 2.24) is 0 Å². The summed E-state index contributed by atoms with van der Waals surface area (Å²) < 4.78 is 0. The van der Waals surface area contributed by atoms with E-state index in [4.69, 9.17) is 10.2 Å². The Bertz CT molecular complexity index is 130. The molecule has 0 aliphatic carbocycles. The minimum Gasteiger partial charge on any atom is -0.481 e. The Kier molecular flexibility index (Phi) is 2.40. The molecule has 0 aliphatic rings. The van der Waals surface area contributed by atoms with Gasteiger partial charge in [-0.25, -0.2) is 0 Å². The normalized spacial score (nSPS) is 16.2. The lowest BCUT2D eigenvalue weighted by atomic mass is 9.93. The smallest absolute Gasteiger partial charge is 0.315 e. The van der Waals surface area contributed by atoms with Crippen molar-refractivity contribution in [2.24, 2.45) is 5.41 Å². The number of aliphatic carboxylic acids is 1. The van der Waals surface area contributed by atoms with Crippen molar-refractivity contribution in [3.63, 3.8) is 0 Å². The first-order chi connectivity index (χ1) is 4.06. The maximum absolute atomic E-state index is 10.3. The lowest BCUT2D eigenvalue weighted by Gasteiger charge is -2.15. The van der Waals surface area contributed by atoms with Gasteiger partial charge in [-0.15, -0.1) is 6.58 Å². The Labute approximate surface area is 53.6 Å². The van der Waals surface area contributed by atoms with Gasteiger partial charge in [0.25, 0.3) is 0 Å². The summed E-state index contributed by atoms with van der Waals surface area (Å²) >= 11 is 0. The first-order valence-corrected chi connectivity index (χ1v) is 2.54. The Morgan fingerprint density at radius 2 is 2.33 bits per heavy atom. The van der Waals surface area contributed by atoms with E-state index in [0.717, 1.165) is 0 Å². The summed E-state index contributed by atoms with van der Waals surface area (Å²) in [5.41, 5.74) is -1.18. The van der Waals surface area contributed by atoms with Crippen LogP contribution in [0.3, 0.4) is 0 Å². The maximum Gasteiger partial charge on any atom is 0.315 e. The number of aliphatic hydroxyl groups excluding tert-OH is 1. The van der Waals surface area contributed by atoms with Crippen molar-refractivity contribution in [2.45, 2.75) is 6.92 Å². The SMILES string of the molecule is C=CC(C)(CO)C(=O)O. The topological polar surface area (TPSA) is 57.5 Å². The van der Waals surface area contributed by atoms with Crippen molar-refractivity contribution in [1.29, 1.82) is 0 Å². The predicted molar refractivity (Wildman–Crippen MR) is 33.0 cm³/mol. The molecule has 0 radical (unpaired) electrons. The molecule has 0 bridgehead atoms. The maximum atomic E-state index is 10.3. The second-order valence-corrected chi connectivity index (χ2v) is 2.08. The number of aliphatic hydroxyl groups is 1. The van der Waals surface area contributed by atoms with Crippen LogP contribution in [0.2, 0.25) is 0 Å². The Morgan fingerprint density at radius 3 is 2.33 bits per heavy atom. The number of carboxylic acids is 1. The van der Waals surface area contributed by atoms with Crippen LogP contribution in [0.5, 0.6) is 0 Å². The summed E-state index contributed by atoms with van der Waals surface area (Å²) in [7, 11) is 0. The van der Waals surface area contributed by atoms with E-state index in [2.05, 4.69) is 6.58 Å². The zero-order valence-corrected chi connectivity index (χ0v) is 5.29. The lowest BCUT2D eigenvalue weighted by Crippen LogP contribution is -2.28. The fourth-order valence-corrected chi connectivity index (χ4v) is 0.219. The van der Waals surface area contributed by atoms with Crippen molar-refractivity contribution in [3.05, 3.63) is 12.7 Å². The van der Waals surface area contributed by atoms with Crippen LogP contribution in [0.1, 0.15) is 6.92 Å². The zero-order valence-electron chi connectivity index (χ0n) is 5.29. The summed E-state index contributed by atoms with van der Waals surface area (Å²) in [5, 5.41) is 16.9. The second-order valence-electron chi connectivity index (χ2n) is 2.08. The molecule has 0 rings (SSSR count). The molecule has 0 heterocycles. The van der Waals surface area contributed by atoms with E-state index >= 15 is 0 Å². The molecule has 0 amide bonds. The first-order valence-electron chi connectivity index (χ1n) is 2.54. The van der Waals surface area contributed by atoms with Gasteiger partial charge < -0.3 is 10.2 Å². The quantitative estimate of drug-likeness (QED) is 0.538. The number of hydrogen-bond donors (Lipinski definition) is 2. The van der Waals surface area contributed by atoms with Crippen molar-refractivity contribution in [3.8, 4) is 0 Å². The molecule has 0 aromatic heterocycles. The highest BCUT2D eigenvalue weighted by atomic mass is 16.4. The van der Waals surface area contributed by atoms with Gasteiger partial charge in [0.15, 0.2) is 0 Å². The highest BCUT2D eigenvalue weighted by Crippen LogP contribution is 2.15. The largest absolute Gasteiger partial charge is 0.481 e.